The van der Waals surface area contributed by atoms with Crippen molar-refractivity contribution in [2.45, 2.75) is 19.4 Å². The molecule has 3 N–H and O–H groups in total. The Morgan fingerprint density at radius 1 is 1.64 bits per heavy atom. The van der Waals surface area contributed by atoms with E-state index in [4.69, 9.17) is 10.5 Å². The fraction of sp³-hybridized carbons (Fsp3) is 0.750. The number of aromatic amines is 1. The zero-order chi connectivity index (χ0) is 9.97. The van der Waals surface area contributed by atoms with Gasteiger partial charge in [0.2, 0.25) is 11.9 Å². The second-order valence-electron chi connectivity index (χ2n) is 3.50. The SMILES string of the molecule is CC1CN(c2n[nH]c(N)n2)CCCO1. The number of hydrogen-bond acceptors (Lipinski definition) is 5. The Balaban J connectivity index is 2.08. The second-order valence-corrected chi connectivity index (χ2v) is 3.50. The maximum absolute atomic E-state index is 5.52. The van der Waals surface area contributed by atoms with Crippen LogP contribution in [0.3, 0.4) is 0 Å². The summed E-state index contributed by atoms with van der Waals surface area (Å²) in [5, 5.41) is 6.66. The molecule has 6 heteroatoms. The number of rotatable bonds is 1. The van der Waals surface area contributed by atoms with Crippen molar-refractivity contribution in [3.05, 3.63) is 0 Å². The van der Waals surface area contributed by atoms with Gasteiger partial charge in [0, 0.05) is 19.7 Å². The molecule has 2 heterocycles. The summed E-state index contributed by atoms with van der Waals surface area (Å²) in [6, 6.07) is 0. The number of nitrogens with zero attached hydrogens (tertiary/aromatic N) is 3. The van der Waals surface area contributed by atoms with Crippen LogP contribution in [0.1, 0.15) is 13.3 Å². The molecule has 2 rings (SSSR count). The van der Waals surface area contributed by atoms with Crippen LogP contribution >= 0.6 is 0 Å². The Bertz CT molecular complexity index is 300. The van der Waals surface area contributed by atoms with Gasteiger partial charge in [-0.2, -0.15) is 4.98 Å². The monoisotopic (exact) mass is 197 g/mol. The van der Waals surface area contributed by atoms with E-state index in [-0.39, 0.29) is 6.10 Å². The number of ether oxygens (including phenoxy) is 1. The molecule has 0 saturated carbocycles. The third-order valence-electron chi connectivity index (χ3n) is 2.23. The second kappa shape index (κ2) is 3.83. The predicted molar refractivity (Wildman–Crippen MR) is 53.0 cm³/mol. The first-order valence-corrected chi connectivity index (χ1v) is 4.80. The van der Waals surface area contributed by atoms with E-state index in [1.165, 1.54) is 0 Å². The van der Waals surface area contributed by atoms with Crippen molar-refractivity contribution in [3.8, 4) is 0 Å². The molecule has 1 atom stereocenters. The molecule has 0 radical (unpaired) electrons. The maximum atomic E-state index is 5.52. The van der Waals surface area contributed by atoms with Crippen LogP contribution in [0, 0.1) is 0 Å². The van der Waals surface area contributed by atoms with Crippen molar-refractivity contribution in [1.82, 2.24) is 15.2 Å². The fourth-order valence-electron chi connectivity index (χ4n) is 1.58. The number of nitrogen functional groups attached to an aromatic ring is 1. The third-order valence-corrected chi connectivity index (χ3v) is 2.23. The van der Waals surface area contributed by atoms with E-state index >= 15 is 0 Å². The van der Waals surface area contributed by atoms with Gasteiger partial charge in [-0.3, -0.25) is 0 Å². The normalized spacial score (nSPS) is 23.5. The molecule has 6 nitrogen and oxygen atoms in total. The molecule has 14 heavy (non-hydrogen) atoms. The highest BCUT2D eigenvalue weighted by Gasteiger charge is 2.18. The smallest absolute Gasteiger partial charge is 0.246 e. The van der Waals surface area contributed by atoms with Crippen LogP contribution in [0.25, 0.3) is 0 Å². The first-order valence-electron chi connectivity index (χ1n) is 4.80. The zero-order valence-electron chi connectivity index (χ0n) is 8.23. The molecular formula is C8H15N5O. The van der Waals surface area contributed by atoms with Crippen LogP contribution in [0.15, 0.2) is 0 Å². The summed E-state index contributed by atoms with van der Waals surface area (Å²) in [6.45, 7) is 4.59. The molecule has 1 fully saturated rings. The van der Waals surface area contributed by atoms with Crippen LogP contribution in [0.2, 0.25) is 0 Å². The molecule has 1 unspecified atom stereocenters. The van der Waals surface area contributed by atoms with E-state index in [0.717, 1.165) is 26.1 Å². The average molecular weight is 197 g/mol. The molecule has 1 aromatic heterocycles. The Morgan fingerprint density at radius 2 is 2.50 bits per heavy atom. The van der Waals surface area contributed by atoms with E-state index in [9.17, 15) is 0 Å². The number of nitrogens with two attached hydrogens (primary N) is 1. The van der Waals surface area contributed by atoms with Crippen molar-refractivity contribution in [1.29, 1.82) is 0 Å². The minimum absolute atomic E-state index is 0.220. The van der Waals surface area contributed by atoms with E-state index in [1.807, 2.05) is 6.92 Å². The Morgan fingerprint density at radius 3 is 3.21 bits per heavy atom. The van der Waals surface area contributed by atoms with E-state index in [0.29, 0.717) is 11.9 Å². The van der Waals surface area contributed by atoms with Gasteiger partial charge < -0.3 is 15.4 Å². The summed E-state index contributed by atoms with van der Waals surface area (Å²) >= 11 is 0. The fourth-order valence-corrected chi connectivity index (χ4v) is 1.58. The van der Waals surface area contributed by atoms with Crippen LogP contribution in [0.4, 0.5) is 11.9 Å². The molecule has 0 amide bonds. The minimum Gasteiger partial charge on any atom is -0.377 e. The van der Waals surface area contributed by atoms with Gasteiger partial charge in [0.05, 0.1) is 6.10 Å². The minimum atomic E-state index is 0.220. The van der Waals surface area contributed by atoms with Crippen molar-refractivity contribution >= 4 is 11.9 Å². The molecule has 1 aromatic rings. The lowest BCUT2D eigenvalue weighted by atomic mass is 10.3. The van der Waals surface area contributed by atoms with E-state index < -0.39 is 0 Å². The topological polar surface area (TPSA) is 80.1 Å². The first kappa shape index (κ1) is 9.26. The maximum Gasteiger partial charge on any atom is 0.246 e. The molecule has 1 aliphatic rings. The molecular weight excluding hydrogens is 182 g/mol. The number of H-pyrrole nitrogens is 1. The lowest BCUT2D eigenvalue weighted by Crippen LogP contribution is -2.30. The molecule has 1 aliphatic heterocycles. The summed E-state index contributed by atoms with van der Waals surface area (Å²) in [7, 11) is 0. The number of nitrogens with one attached hydrogen (secondary N) is 1. The largest absolute Gasteiger partial charge is 0.377 e. The lowest BCUT2D eigenvalue weighted by Gasteiger charge is -2.19. The Labute approximate surface area is 82.4 Å². The first-order chi connectivity index (χ1) is 6.75. The van der Waals surface area contributed by atoms with Gasteiger partial charge in [-0.25, -0.2) is 5.10 Å². The van der Waals surface area contributed by atoms with Crippen molar-refractivity contribution in [2.24, 2.45) is 0 Å². The molecule has 0 aromatic carbocycles. The quantitative estimate of drug-likeness (QED) is 0.662. The van der Waals surface area contributed by atoms with Gasteiger partial charge in [-0.15, -0.1) is 5.10 Å². The lowest BCUT2D eigenvalue weighted by molar-refractivity contribution is 0.0820. The molecule has 78 valence electrons. The predicted octanol–water partition coefficient (Wildman–Crippen LogP) is 0.00210. The van der Waals surface area contributed by atoms with Crippen LogP contribution in [-0.4, -0.2) is 41.0 Å². The van der Waals surface area contributed by atoms with Gasteiger partial charge in [-0.1, -0.05) is 0 Å². The average Bonchev–Trinajstić information content (AvgIpc) is 2.45. The number of aromatic nitrogens is 3. The van der Waals surface area contributed by atoms with Crippen LogP contribution < -0.4 is 10.6 Å². The summed E-state index contributed by atoms with van der Waals surface area (Å²) in [4.78, 5) is 6.18. The van der Waals surface area contributed by atoms with Gasteiger partial charge in [-0.05, 0) is 13.3 Å². The molecule has 1 saturated heterocycles. The summed E-state index contributed by atoms with van der Waals surface area (Å²) in [5.41, 5.74) is 5.47. The summed E-state index contributed by atoms with van der Waals surface area (Å²) < 4.78 is 5.52. The van der Waals surface area contributed by atoms with Crippen LogP contribution in [0.5, 0.6) is 0 Å². The van der Waals surface area contributed by atoms with Crippen molar-refractivity contribution in [2.75, 3.05) is 30.3 Å². The van der Waals surface area contributed by atoms with E-state index in [1.54, 1.807) is 0 Å². The van der Waals surface area contributed by atoms with Crippen LogP contribution in [-0.2, 0) is 4.74 Å². The molecule has 0 bridgehead atoms. The third kappa shape index (κ3) is 1.95. The highest BCUT2D eigenvalue weighted by atomic mass is 16.5. The molecule has 0 aliphatic carbocycles. The summed E-state index contributed by atoms with van der Waals surface area (Å²) in [6.07, 6.45) is 1.22. The standard InChI is InChI=1S/C8H15N5O/c1-6-5-13(3-2-4-14-6)8-10-7(9)11-12-8/h6H,2-5H2,1H3,(H3,9,10,11,12). The van der Waals surface area contributed by atoms with Crippen molar-refractivity contribution < 1.29 is 4.74 Å². The van der Waals surface area contributed by atoms with Gasteiger partial charge in [0.15, 0.2) is 0 Å². The van der Waals surface area contributed by atoms with Gasteiger partial charge in [0.25, 0.3) is 0 Å². The zero-order valence-corrected chi connectivity index (χ0v) is 8.23. The highest BCUT2D eigenvalue weighted by molar-refractivity contribution is 5.33. The Kier molecular flexibility index (Phi) is 2.53. The van der Waals surface area contributed by atoms with Crippen molar-refractivity contribution in [3.63, 3.8) is 0 Å². The number of hydrogen-bond donors (Lipinski definition) is 2. The Hall–Kier alpha value is -1.30. The van der Waals surface area contributed by atoms with Gasteiger partial charge >= 0.3 is 0 Å². The van der Waals surface area contributed by atoms with E-state index in [2.05, 4.69) is 20.1 Å². The number of anilines is 2. The molecule has 0 spiro atoms. The van der Waals surface area contributed by atoms with Gasteiger partial charge in [0.1, 0.15) is 0 Å². The summed E-state index contributed by atoms with van der Waals surface area (Å²) in [5.74, 6) is 1.03. The highest BCUT2D eigenvalue weighted by Crippen LogP contribution is 2.12.